The van der Waals surface area contributed by atoms with Crippen LogP contribution in [0.2, 0.25) is 5.82 Å². The van der Waals surface area contributed by atoms with Crippen molar-refractivity contribution < 1.29 is 19.5 Å². The van der Waals surface area contributed by atoms with Gasteiger partial charge in [-0.3, -0.25) is 0 Å². The van der Waals surface area contributed by atoms with Crippen molar-refractivity contribution in [3.05, 3.63) is 0 Å². The fourth-order valence-electron chi connectivity index (χ4n) is 2.64. The molecule has 6 heteroatoms. The monoisotopic (exact) mass is 275 g/mol. The molecule has 0 spiro atoms. The van der Waals surface area contributed by atoms with Crippen LogP contribution >= 0.6 is 7.80 Å². The van der Waals surface area contributed by atoms with E-state index in [-0.39, 0.29) is 27.1 Å². The maximum absolute atomic E-state index is 11.3. The van der Waals surface area contributed by atoms with Gasteiger partial charge in [-0.05, 0) is 32.0 Å². The number of aliphatic hydroxyl groups is 2. The van der Waals surface area contributed by atoms with E-state index < -0.39 is 30.9 Å². The zero-order valence-corrected chi connectivity index (χ0v) is 10.5. The molecule has 2 fully saturated rings. The summed E-state index contributed by atoms with van der Waals surface area (Å²) < 4.78 is 16.9. The summed E-state index contributed by atoms with van der Waals surface area (Å²) in [6.45, 7) is 3.36. The minimum absolute atomic E-state index is 0. The molecule has 104 valence electrons. The molecule has 0 saturated heterocycles. The molecule has 2 aliphatic rings. The summed E-state index contributed by atoms with van der Waals surface area (Å²) >= 11 is 0. The third-order valence-electron chi connectivity index (χ3n) is 3.96. The van der Waals surface area contributed by atoms with Gasteiger partial charge in [0.15, 0.2) is 0 Å². The predicted octanol–water partition coefficient (Wildman–Crippen LogP) is 1.92. The first-order chi connectivity index (χ1) is 7.36. The zero-order chi connectivity index (χ0) is 12.1. The third kappa shape index (κ3) is 2.38. The molecule has 2 radical (unpaired) electrons. The van der Waals surface area contributed by atoms with Crippen LogP contribution in [0.4, 0.5) is 0 Å². The Balaban J connectivity index is 0.00000144. The van der Waals surface area contributed by atoms with Crippen LogP contribution < -0.4 is 0 Å². The van der Waals surface area contributed by atoms with Gasteiger partial charge in [-0.15, -0.1) is 0 Å². The highest BCUT2D eigenvalue weighted by atomic mass is 31.1. The molecule has 0 aromatic heterocycles. The molecule has 1 unspecified atom stereocenters. The molecule has 0 amide bonds. The van der Waals surface area contributed by atoms with E-state index in [0.29, 0.717) is 12.6 Å². The first-order valence-electron chi connectivity index (χ1n) is 5.58. The highest BCUT2D eigenvalue weighted by Crippen LogP contribution is 2.66. The third-order valence-corrected chi connectivity index (χ3v) is 5.08. The van der Waals surface area contributed by atoms with Crippen molar-refractivity contribution in [1.82, 2.24) is 0 Å². The van der Waals surface area contributed by atoms with Crippen LogP contribution in [0, 0.1) is 5.92 Å². The molecule has 18 heavy (non-hydrogen) atoms. The Bertz CT molecular complexity index is 323. The topological polar surface area (TPSA) is 66.8 Å². The van der Waals surface area contributed by atoms with Crippen LogP contribution in [0.5, 0.6) is 0 Å². The first kappa shape index (κ1) is 18.0. The minimum Gasteiger partial charge on any atom is -0.388 e. The Morgan fingerprint density at radius 2 is 2.06 bits per heavy atom. The lowest BCUT2D eigenvalue weighted by atomic mass is 9.73. The summed E-state index contributed by atoms with van der Waals surface area (Å²) in [5, 5.41) is 20.0. The second kappa shape index (κ2) is 5.58. The summed E-state index contributed by atoms with van der Waals surface area (Å²) in [5.41, 5.74) is -2.05. The second-order valence-electron chi connectivity index (χ2n) is 4.99. The normalized spacial score (nSPS) is 45.6. The van der Waals surface area contributed by atoms with Crippen LogP contribution in [-0.2, 0) is 9.30 Å². The Kier molecular flexibility index (Phi) is 5.59. The molecule has 2 rings (SSSR count). The minimum atomic E-state index is -1.37. The van der Waals surface area contributed by atoms with Gasteiger partial charge in [0.25, 0.3) is 0 Å². The lowest BCUT2D eigenvalue weighted by Gasteiger charge is -2.31. The molecule has 0 heterocycles. The van der Waals surface area contributed by atoms with Crippen molar-refractivity contribution >= 4 is 15.6 Å². The predicted molar refractivity (Wildman–Crippen MR) is 74.5 cm³/mol. The van der Waals surface area contributed by atoms with E-state index in [4.69, 9.17) is 12.6 Å². The number of hydrogen-bond donors (Lipinski definition) is 2. The van der Waals surface area contributed by atoms with Gasteiger partial charge in [0, 0.05) is 0 Å². The fraction of sp³-hybridized carbons (Fsp3) is 1.00. The largest absolute Gasteiger partial charge is 0.388 e. The van der Waals surface area contributed by atoms with E-state index >= 15 is 0 Å². The van der Waals surface area contributed by atoms with Crippen molar-refractivity contribution in [2.45, 2.75) is 58.2 Å². The van der Waals surface area contributed by atoms with Crippen LogP contribution in [0.1, 0.15) is 35.1 Å². The highest BCUT2D eigenvalue weighted by Gasteiger charge is 2.75. The lowest BCUT2D eigenvalue weighted by Crippen LogP contribution is -2.46. The van der Waals surface area contributed by atoms with Crippen LogP contribution in [0.25, 0.3) is 0 Å². The van der Waals surface area contributed by atoms with Crippen LogP contribution in [0.3, 0.4) is 0 Å². The molecular weight excluding hydrogens is 250 g/mol. The Morgan fingerprint density at radius 3 is 2.44 bits per heavy atom. The van der Waals surface area contributed by atoms with Gasteiger partial charge in [-0.1, -0.05) is 19.4 Å². The van der Waals surface area contributed by atoms with Crippen molar-refractivity contribution in [3.8, 4) is 0 Å². The summed E-state index contributed by atoms with van der Waals surface area (Å²) in [4.78, 5) is 0. The van der Waals surface area contributed by atoms with E-state index in [2.05, 4.69) is 0 Å². The van der Waals surface area contributed by atoms with Gasteiger partial charge >= 0.3 is 7.80 Å². The molecule has 4 nitrogen and oxygen atoms in total. The van der Waals surface area contributed by atoms with E-state index in [1.54, 1.807) is 0 Å². The zero-order valence-electron chi connectivity index (χ0n) is 9.59. The van der Waals surface area contributed by atoms with Gasteiger partial charge in [0.2, 0.25) is 6.35 Å². The fourth-order valence-corrected chi connectivity index (χ4v) is 3.21. The van der Waals surface area contributed by atoms with Crippen molar-refractivity contribution in [2.75, 3.05) is 12.5 Å². The van der Waals surface area contributed by atoms with Crippen LogP contribution in [-0.4, -0.2) is 47.9 Å². The lowest BCUT2D eigenvalue weighted by molar-refractivity contribution is -0.115. The van der Waals surface area contributed by atoms with Gasteiger partial charge in [0.1, 0.15) is 17.9 Å². The first-order valence-corrected chi connectivity index (χ1v) is 7.21. The van der Waals surface area contributed by atoms with Gasteiger partial charge < -0.3 is 14.9 Å². The smallest absolute Gasteiger partial charge is 0.366 e. The van der Waals surface area contributed by atoms with E-state index in [1.165, 1.54) is 6.92 Å². The quantitative estimate of drug-likeness (QED) is 0.607. The molecule has 2 aliphatic carbocycles. The summed E-state index contributed by atoms with van der Waals surface area (Å²) in [7, 11) is 4.48. The van der Waals surface area contributed by atoms with Gasteiger partial charge in [-0.2, -0.15) is 0 Å². The molecule has 0 bridgehead atoms. The summed E-state index contributed by atoms with van der Waals surface area (Å²) in [5.74, 6) is -0.486. The SMILES string of the molecule is C.C.[B][C@@H]1[C@H]2C[C@@]2(OC[P+](=O)CC)[C@@H](O)[C@@]1(C)O. The molecule has 2 saturated carbocycles. The van der Waals surface area contributed by atoms with Crippen molar-refractivity contribution in [1.29, 1.82) is 0 Å². The summed E-state index contributed by atoms with van der Waals surface area (Å²) in [6.07, 6.45) is 0.370. The standard InChI is InChI=1S/C10H17BO4P.2CH4/c1-3-16(14)5-15-10-4-6(10)7(11)9(2,13)8(10)12;;/h6-8,12-13H,3-5H2,1-2H3;2*1H4/q+1;;/t6-,7-,8+,9+,10+;;/m1../s1. The van der Waals surface area contributed by atoms with Gasteiger partial charge in [0.05, 0.1) is 13.4 Å². The number of ether oxygens (including phenoxy) is 1. The number of rotatable bonds is 4. The Labute approximate surface area is 112 Å². The maximum Gasteiger partial charge on any atom is 0.366 e. The Hall–Kier alpha value is 0.0449. The molecule has 0 aromatic rings. The molecule has 6 atom stereocenters. The average Bonchev–Trinajstić information content (AvgIpc) is 2.95. The van der Waals surface area contributed by atoms with E-state index in [0.717, 1.165) is 0 Å². The maximum atomic E-state index is 11.3. The number of fused-ring (bicyclic) bond motifs is 1. The number of aliphatic hydroxyl groups excluding tert-OH is 1. The van der Waals surface area contributed by atoms with Crippen molar-refractivity contribution in [2.24, 2.45) is 5.92 Å². The summed E-state index contributed by atoms with van der Waals surface area (Å²) in [6, 6.07) is 0. The van der Waals surface area contributed by atoms with Gasteiger partial charge in [-0.25, -0.2) is 0 Å². The number of hydrogen-bond acceptors (Lipinski definition) is 4. The van der Waals surface area contributed by atoms with Crippen LogP contribution in [0.15, 0.2) is 0 Å². The molecule has 0 aliphatic heterocycles. The second-order valence-corrected chi connectivity index (χ2v) is 6.85. The molecular formula is C12H25BO4P+. The average molecular weight is 275 g/mol. The van der Waals surface area contributed by atoms with E-state index in [9.17, 15) is 14.8 Å². The van der Waals surface area contributed by atoms with Crippen molar-refractivity contribution in [3.63, 3.8) is 0 Å². The molecule has 0 aromatic carbocycles. The highest BCUT2D eigenvalue weighted by molar-refractivity contribution is 7.44. The Morgan fingerprint density at radius 1 is 1.50 bits per heavy atom. The van der Waals surface area contributed by atoms with E-state index in [1.807, 2.05) is 6.92 Å². The molecule has 2 N–H and O–H groups in total.